The molecule has 1 fully saturated rings. The minimum atomic E-state index is 0.185. The van der Waals surface area contributed by atoms with E-state index in [0.717, 1.165) is 62.3 Å². The Morgan fingerprint density at radius 1 is 1.24 bits per heavy atom. The van der Waals surface area contributed by atoms with Gasteiger partial charge in [-0.25, -0.2) is 0 Å². The van der Waals surface area contributed by atoms with Crippen molar-refractivity contribution in [3.63, 3.8) is 0 Å². The van der Waals surface area contributed by atoms with Crippen molar-refractivity contribution in [2.24, 2.45) is 0 Å². The van der Waals surface area contributed by atoms with Crippen LogP contribution in [0.3, 0.4) is 0 Å². The van der Waals surface area contributed by atoms with Gasteiger partial charge >= 0.3 is 0 Å². The van der Waals surface area contributed by atoms with Gasteiger partial charge in [0.25, 0.3) is 0 Å². The van der Waals surface area contributed by atoms with Gasteiger partial charge in [0, 0.05) is 46.2 Å². The molecular formula is C15H25BrN4O. The first-order valence-electron chi connectivity index (χ1n) is 7.78. The van der Waals surface area contributed by atoms with Crippen molar-refractivity contribution in [1.29, 1.82) is 0 Å². The van der Waals surface area contributed by atoms with Gasteiger partial charge in [-0.2, -0.15) is 5.10 Å². The lowest BCUT2D eigenvalue weighted by Crippen LogP contribution is -2.33. The van der Waals surface area contributed by atoms with Crippen molar-refractivity contribution in [3.8, 4) is 0 Å². The molecule has 0 bridgehead atoms. The largest absolute Gasteiger partial charge is 0.342 e. The molecule has 1 saturated heterocycles. The smallest absolute Gasteiger partial charge is 0.219 e. The van der Waals surface area contributed by atoms with E-state index in [1.54, 1.807) is 6.92 Å². The Bertz CT molecular complexity index is 500. The molecule has 0 atom stereocenters. The van der Waals surface area contributed by atoms with Crippen LogP contribution in [0.5, 0.6) is 0 Å². The fourth-order valence-electron chi connectivity index (χ4n) is 2.82. The highest BCUT2D eigenvalue weighted by Crippen LogP contribution is 2.24. The molecule has 21 heavy (non-hydrogen) atoms. The molecule has 5 nitrogen and oxygen atoms in total. The molecule has 1 amide bonds. The number of nitrogens with zero attached hydrogens (tertiary/aromatic N) is 4. The molecule has 0 saturated carbocycles. The lowest BCUT2D eigenvalue weighted by Gasteiger charge is -2.21. The first kappa shape index (κ1) is 16.5. The molecular weight excluding hydrogens is 332 g/mol. The summed E-state index contributed by atoms with van der Waals surface area (Å²) >= 11 is 3.71. The quantitative estimate of drug-likeness (QED) is 0.830. The zero-order chi connectivity index (χ0) is 15.4. The maximum atomic E-state index is 11.5. The summed E-state index contributed by atoms with van der Waals surface area (Å²) in [5.74, 6) is 0.185. The summed E-state index contributed by atoms with van der Waals surface area (Å²) in [7, 11) is 0. The van der Waals surface area contributed by atoms with Crippen LogP contribution >= 0.6 is 15.9 Å². The SMILES string of the molecule is CCc1nn(CC)c(CN2CCCN(C(C)=O)CC2)c1Br. The van der Waals surface area contributed by atoms with Gasteiger partial charge in [-0.05, 0) is 35.7 Å². The van der Waals surface area contributed by atoms with Crippen molar-refractivity contribution < 1.29 is 4.79 Å². The Kier molecular flexibility index (Phi) is 5.81. The molecule has 0 aliphatic carbocycles. The highest BCUT2D eigenvalue weighted by molar-refractivity contribution is 9.10. The lowest BCUT2D eigenvalue weighted by molar-refractivity contribution is -0.128. The second-order valence-corrected chi connectivity index (χ2v) is 6.31. The van der Waals surface area contributed by atoms with Crippen LogP contribution in [0.4, 0.5) is 0 Å². The molecule has 1 aliphatic rings. The zero-order valence-corrected chi connectivity index (χ0v) is 14.8. The Morgan fingerprint density at radius 2 is 2.00 bits per heavy atom. The standard InChI is InChI=1S/C15H25BrN4O/c1-4-13-15(16)14(20(5-2)17-13)11-18-7-6-8-19(10-9-18)12(3)21/h4-11H2,1-3H3. The monoisotopic (exact) mass is 356 g/mol. The van der Waals surface area contributed by atoms with E-state index in [0.29, 0.717) is 0 Å². The van der Waals surface area contributed by atoms with Gasteiger partial charge in [-0.3, -0.25) is 14.4 Å². The Morgan fingerprint density at radius 3 is 2.62 bits per heavy atom. The van der Waals surface area contributed by atoms with Crippen molar-refractivity contribution in [2.75, 3.05) is 26.2 Å². The Labute approximate surface area is 135 Å². The van der Waals surface area contributed by atoms with E-state index in [-0.39, 0.29) is 5.91 Å². The summed E-state index contributed by atoms with van der Waals surface area (Å²) in [4.78, 5) is 15.9. The zero-order valence-electron chi connectivity index (χ0n) is 13.2. The van der Waals surface area contributed by atoms with Gasteiger partial charge in [0.2, 0.25) is 5.91 Å². The molecule has 2 rings (SSSR count). The first-order chi connectivity index (χ1) is 10.1. The van der Waals surface area contributed by atoms with Crippen LogP contribution in [0.25, 0.3) is 0 Å². The summed E-state index contributed by atoms with van der Waals surface area (Å²) in [5, 5.41) is 4.66. The molecule has 1 aromatic rings. The highest BCUT2D eigenvalue weighted by Gasteiger charge is 2.20. The van der Waals surface area contributed by atoms with Gasteiger partial charge < -0.3 is 4.90 Å². The topological polar surface area (TPSA) is 41.4 Å². The van der Waals surface area contributed by atoms with Crippen LogP contribution in [0.2, 0.25) is 0 Å². The minimum Gasteiger partial charge on any atom is -0.342 e. The third-order valence-corrected chi connectivity index (χ3v) is 5.02. The van der Waals surface area contributed by atoms with Crippen molar-refractivity contribution in [3.05, 3.63) is 15.9 Å². The third kappa shape index (κ3) is 3.86. The number of halogens is 1. The van der Waals surface area contributed by atoms with E-state index >= 15 is 0 Å². The van der Waals surface area contributed by atoms with Crippen LogP contribution in [0, 0.1) is 0 Å². The molecule has 0 spiro atoms. The number of amides is 1. The number of hydrogen-bond acceptors (Lipinski definition) is 3. The van der Waals surface area contributed by atoms with Gasteiger partial charge in [-0.15, -0.1) is 0 Å². The average Bonchev–Trinajstić information content (AvgIpc) is 2.65. The summed E-state index contributed by atoms with van der Waals surface area (Å²) in [6, 6.07) is 0. The molecule has 1 aliphatic heterocycles. The van der Waals surface area contributed by atoms with E-state index in [1.165, 1.54) is 5.69 Å². The first-order valence-corrected chi connectivity index (χ1v) is 8.58. The average molecular weight is 357 g/mol. The summed E-state index contributed by atoms with van der Waals surface area (Å²) < 4.78 is 3.25. The van der Waals surface area contributed by atoms with Crippen molar-refractivity contribution in [1.82, 2.24) is 19.6 Å². The molecule has 2 heterocycles. The molecule has 0 radical (unpaired) electrons. The van der Waals surface area contributed by atoms with Gasteiger partial charge in [0.05, 0.1) is 15.9 Å². The predicted octanol–water partition coefficient (Wildman–Crippen LogP) is 2.28. The molecule has 0 unspecified atom stereocenters. The van der Waals surface area contributed by atoms with Crippen LogP contribution in [0.1, 0.15) is 38.6 Å². The molecule has 6 heteroatoms. The van der Waals surface area contributed by atoms with Crippen LogP contribution < -0.4 is 0 Å². The number of hydrogen-bond donors (Lipinski definition) is 0. The number of aromatic nitrogens is 2. The number of carbonyl (C=O) groups is 1. The molecule has 1 aromatic heterocycles. The van der Waals surface area contributed by atoms with Crippen molar-refractivity contribution in [2.45, 2.75) is 46.7 Å². The maximum Gasteiger partial charge on any atom is 0.219 e. The second kappa shape index (κ2) is 7.40. The van der Waals surface area contributed by atoms with E-state index in [9.17, 15) is 4.79 Å². The number of aryl methyl sites for hydroxylation is 2. The Hall–Kier alpha value is -0.880. The summed E-state index contributed by atoms with van der Waals surface area (Å²) in [6.45, 7) is 11.4. The predicted molar refractivity (Wildman–Crippen MR) is 87.1 cm³/mol. The van der Waals surface area contributed by atoms with Crippen LogP contribution in [0.15, 0.2) is 4.47 Å². The fraction of sp³-hybridized carbons (Fsp3) is 0.733. The van der Waals surface area contributed by atoms with Gasteiger partial charge in [0.1, 0.15) is 0 Å². The second-order valence-electron chi connectivity index (χ2n) is 5.51. The van der Waals surface area contributed by atoms with Gasteiger partial charge in [0.15, 0.2) is 0 Å². The normalized spacial score (nSPS) is 17.0. The van der Waals surface area contributed by atoms with Crippen LogP contribution in [-0.4, -0.2) is 51.7 Å². The molecule has 0 N–H and O–H groups in total. The number of rotatable bonds is 4. The van der Waals surface area contributed by atoms with Gasteiger partial charge in [-0.1, -0.05) is 6.92 Å². The van der Waals surface area contributed by atoms with E-state index in [4.69, 9.17) is 0 Å². The van der Waals surface area contributed by atoms with E-state index < -0.39 is 0 Å². The lowest BCUT2D eigenvalue weighted by atomic mass is 10.3. The Balaban J connectivity index is 2.08. The van der Waals surface area contributed by atoms with E-state index in [1.807, 2.05) is 4.90 Å². The summed E-state index contributed by atoms with van der Waals surface area (Å²) in [6.07, 6.45) is 1.98. The third-order valence-electron chi connectivity index (χ3n) is 4.10. The van der Waals surface area contributed by atoms with Crippen molar-refractivity contribution >= 4 is 21.8 Å². The summed E-state index contributed by atoms with van der Waals surface area (Å²) in [5.41, 5.74) is 2.39. The molecule has 118 valence electrons. The minimum absolute atomic E-state index is 0.185. The van der Waals surface area contributed by atoms with Crippen LogP contribution in [-0.2, 0) is 24.3 Å². The van der Waals surface area contributed by atoms with E-state index in [2.05, 4.69) is 44.5 Å². The maximum absolute atomic E-state index is 11.5. The molecule has 0 aromatic carbocycles. The number of carbonyl (C=O) groups excluding carboxylic acids is 1. The fourth-order valence-corrected chi connectivity index (χ4v) is 3.51. The highest BCUT2D eigenvalue weighted by atomic mass is 79.9.